The number of nitrogens with one attached hydrogen (secondary N) is 1. The fourth-order valence-electron chi connectivity index (χ4n) is 4.10. The molecule has 7 heteroatoms. The van der Waals surface area contributed by atoms with Crippen LogP contribution in [0.15, 0.2) is 18.2 Å². The summed E-state index contributed by atoms with van der Waals surface area (Å²) in [6.45, 7) is 1.75. The van der Waals surface area contributed by atoms with Gasteiger partial charge in [0.15, 0.2) is 5.72 Å². The Morgan fingerprint density at radius 3 is 3.04 bits per heavy atom. The van der Waals surface area contributed by atoms with E-state index in [4.69, 9.17) is 16.3 Å². The van der Waals surface area contributed by atoms with Gasteiger partial charge >= 0.3 is 0 Å². The van der Waals surface area contributed by atoms with Gasteiger partial charge in [-0.3, -0.25) is 9.59 Å². The monoisotopic (exact) mass is 335 g/mol. The molecule has 3 saturated heterocycles. The number of nitrogens with zero attached hydrogens (tertiary/aromatic N) is 2. The molecule has 1 aromatic rings. The Morgan fingerprint density at radius 1 is 1.43 bits per heavy atom. The number of carbonyl (C=O) groups is 2. The maximum absolute atomic E-state index is 13.1. The summed E-state index contributed by atoms with van der Waals surface area (Å²) in [6, 6.07) is 5.00. The van der Waals surface area contributed by atoms with Gasteiger partial charge in [0.1, 0.15) is 0 Å². The van der Waals surface area contributed by atoms with Crippen LogP contribution in [0.4, 0.5) is 5.69 Å². The van der Waals surface area contributed by atoms with E-state index in [1.807, 2.05) is 4.90 Å². The van der Waals surface area contributed by atoms with E-state index in [0.717, 1.165) is 5.69 Å². The lowest BCUT2D eigenvalue weighted by Crippen LogP contribution is -2.48. The van der Waals surface area contributed by atoms with E-state index in [2.05, 4.69) is 5.32 Å². The average Bonchev–Trinajstić information content (AvgIpc) is 3.18. The van der Waals surface area contributed by atoms with Crippen molar-refractivity contribution in [2.75, 3.05) is 32.1 Å². The molecule has 1 N–H and O–H groups in total. The third kappa shape index (κ3) is 1.98. The Hall–Kier alpha value is -1.79. The van der Waals surface area contributed by atoms with Gasteiger partial charge in [0, 0.05) is 37.3 Å². The lowest BCUT2D eigenvalue weighted by molar-refractivity contribution is -0.136. The van der Waals surface area contributed by atoms with Crippen molar-refractivity contribution in [1.82, 2.24) is 9.80 Å². The molecule has 3 fully saturated rings. The quantitative estimate of drug-likeness (QED) is 0.891. The van der Waals surface area contributed by atoms with Crippen molar-refractivity contribution in [1.29, 1.82) is 0 Å². The molecule has 6 nitrogen and oxygen atoms in total. The molecule has 2 atom stereocenters. The maximum atomic E-state index is 13.1. The molecule has 2 amide bonds. The minimum Gasteiger partial charge on any atom is -0.387 e. The van der Waals surface area contributed by atoms with E-state index in [1.54, 1.807) is 30.1 Å². The number of rotatable bonds is 2. The van der Waals surface area contributed by atoms with Crippen LogP contribution in [0.1, 0.15) is 23.2 Å². The van der Waals surface area contributed by atoms with Gasteiger partial charge in [-0.1, -0.05) is 11.6 Å². The van der Waals surface area contributed by atoms with Crippen LogP contribution in [0.25, 0.3) is 0 Å². The second kappa shape index (κ2) is 5.11. The molecule has 3 heterocycles. The highest BCUT2D eigenvalue weighted by atomic mass is 35.5. The third-order valence-electron chi connectivity index (χ3n) is 5.14. The van der Waals surface area contributed by atoms with Crippen molar-refractivity contribution in [2.45, 2.75) is 24.6 Å². The fraction of sp³-hybridized carbons (Fsp3) is 0.500. The first-order chi connectivity index (χ1) is 11.1. The standard InChI is InChI=1S/C16H18ClN3O3/c1-18-12-3-2-10(17)8-11(12)15(22)19-5-4-16-13(19)9-14(21)20(16)6-7-23-16/h2-3,8,13,18H,4-7,9H2,1H3/t13-,16+/m1/s1. The SMILES string of the molecule is CNc1ccc(Cl)cc1C(=O)N1CC[C@@]23OCCN2C(=O)C[C@@H]13. The Balaban J connectivity index is 1.68. The number of benzene rings is 1. The summed E-state index contributed by atoms with van der Waals surface area (Å²) >= 11 is 6.06. The van der Waals surface area contributed by atoms with E-state index in [9.17, 15) is 9.59 Å². The van der Waals surface area contributed by atoms with Gasteiger partial charge in [-0.15, -0.1) is 0 Å². The summed E-state index contributed by atoms with van der Waals surface area (Å²) in [5.74, 6) is -0.0335. The lowest BCUT2D eigenvalue weighted by Gasteiger charge is -2.31. The first-order valence-corrected chi connectivity index (χ1v) is 8.17. The van der Waals surface area contributed by atoms with Crippen LogP contribution in [0.2, 0.25) is 5.02 Å². The number of anilines is 1. The van der Waals surface area contributed by atoms with Crippen LogP contribution >= 0.6 is 11.6 Å². The molecule has 0 unspecified atom stereocenters. The highest BCUT2D eigenvalue weighted by Crippen LogP contribution is 2.46. The van der Waals surface area contributed by atoms with Crippen LogP contribution in [-0.2, 0) is 9.53 Å². The summed E-state index contributed by atoms with van der Waals surface area (Å²) in [7, 11) is 1.77. The number of carbonyl (C=O) groups excluding carboxylic acids is 2. The number of ether oxygens (including phenoxy) is 1. The molecule has 4 rings (SSSR count). The Kier molecular flexibility index (Phi) is 3.28. The van der Waals surface area contributed by atoms with Crippen LogP contribution in [0, 0.1) is 0 Å². The molecule has 23 heavy (non-hydrogen) atoms. The van der Waals surface area contributed by atoms with E-state index in [-0.39, 0.29) is 17.9 Å². The van der Waals surface area contributed by atoms with Crippen LogP contribution in [-0.4, -0.2) is 60.1 Å². The van der Waals surface area contributed by atoms with Crippen molar-refractivity contribution in [2.24, 2.45) is 0 Å². The minimum absolute atomic E-state index is 0.0740. The largest absolute Gasteiger partial charge is 0.387 e. The molecule has 1 spiro atoms. The molecule has 0 radical (unpaired) electrons. The molecular formula is C16H18ClN3O3. The van der Waals surface area contributed by atoms with Gasteiger partial charge < -0.3 is 19.9 Å². The Morgan fingerprint density at radius 2 is 2.26 bits per heavy atom. The van der Waals surface area contributed by atoms with Crippen molar-refractivity contribution in [3.8, 4) is 0 Å². The lowest BCUT2D eigenvalue weighted by atomic mass is 10.1. The predicted molar refractivity (Wildman–Crippen MR) is 85.5 cm³/mol. The molecule has 3 aliphatic rings. The van der Waals surface area contributed by atoms with E-state index < -0.39 is 5.72 Å². The van der Waals surface area contributed by atoms with Gasteiger partial charge in [-0.2, -0.15) is 0 Å². The molecule has 0 bridgehead atoms. The molecule has 1 aromatic carbocycles. The molecule has 3 aliphatic heterocycles. The van der Waals surface area contributed by atoms with Gasteiger partial charge in [0.25, 0.3) is 5.91 Å². The van der Waals surface area contributed by atoms with Crippen LogP contribution in [0.3, 0.4) is 0 Å². The van der Waals surface area contributed by atoms with Crippen LogP contribution < -0.4 is 5.32 Å². The zero-order valence-electron chi connectivity index (χ0n) is 12.8. The molecule has 0 aromatic heterocycles. The second-order valence-corrected chi connectivity index (χ2v) is 6.58. The van der Waals surface area contributed by atoms with Crippen molar-refractivity contribution in [3.05, 3.63) is 28.8 Å². The predicted octanol–water partition coefficient (Wildman–Crippen LogP) is 1.55. The summed E-state index contributed by atoms with van der Waals surface area (Å²) in [5.41, 5.74) is 0.653. The zero-order chi connectivity index (χ0) is 16.2. The van der Waals surface area contributed by atoms with Crippen molar-refractivity contribution >= 4 is 29.1 Å². The van der Waals surface area contributed by atoms with Gasteiger partial charge in [0.05, 0.1) is 24.6 Å². The average molecular weight is 336 g/mol. The molecular weight excluding hydrogens is 318 g/mol. The number of likely N-dealkylation sites (tertiary alicyclic amines) is 1. The van der Waals surface area contributed by atoms with Gasteiger partial charge in [0.2, 0.25) is 5.91 Å². The topological polar surface area (TPSA) is 61.9 Å². The fourth-order valence-corrected chi connectivity index (χ4v) is 4.27. The van der Waals surface area contributed by atoms with Crippen LogP contribution in [0.5, 0.6) is 0 Å². The molecule has 0 saturated carbocycles. The van der Waals surface area contributed by atoms with Gasteiger partial charge in [-0.25, -0.2) is 0 Å². The zero-order valence-corrected chi connectivity index (χ0v) is 13.6. The third-order valence-corrected chi connectivity index (χ3v) is 5.38. The molecule has 122 valence electrons. The molecule has 0 aliphatic carbocycles. The van der Waals surface area contributed by atoms with E-state index in [1.165, 1.54) is 0 Å². The smallest absolute Gasteiger partial charge is 0.256 e. The first kappa shape index (κ1) is 14.8. The Bertz CT molecular complexity index is 695. The van der Waals surface area contributed by atoms with E-state index >= 15 is 0 Å². The van der Waals surface area contributed by atoms with Gasteiger partial charge in [-0.05, 0) is 18.2 Å². The number of amides is 2. The van der Waals surface area contributed by atoms with E-state index in [0.29, 0.717) is 43.1 Å². The maximum Gasteiger partial charge on any atom is 0.256 e. The first-order valence-electron chi connectivity index (χ1n) is 7.79. The minimum atomic E-state index is -0.606. The van der Waals surface area contributed by atoms with Crippen molar-refractivity contribution < 1.29 is 14.3 Å². The number of hydrogen-bond acceptors (Lipinski definition) is 4. The second-order valence-electron chi connectivity index (χ2n) is 6.15. The number of halogens is 1. The summed E-state index contributed by atoms with van der Waals surface area (Å²) in [6.07, 6.45) is 1.01. The Labute approximate surface area is 139 Å². The highest BCUT2D eigenvalue weighted by molar-refractivity contribution is 6.31. The van der Waals surface area contributed by atoms with Crippen molar-refractivity contribution in [3.63, 3.8) is 0 Å². The normalized spacial score (nSPS) is 29.0. The number of hydrogen-bond donors (Lipinski definition) is 1. The summed E-state index contributed by atoms with van der Waals surface area (Å²) in [4.78, 5) is 28.9. The summed E-state index contributed by atoms with van der Waals surface area (Å²) < 4.78 is 5.92. The highest BCUT2D eigenvalue weighted by Gasteiger charge is 2.62. The summed E-state index contributed by atoms with van der Waals surface area (Å²) in [5, 5.41) is 3.54.